The third kappa shape index (κ3) is 3.72. The second-order valence-corrected chi connectivity index (χ2v) is 4.79. The molecule has 1 aliphatic rings. The van der Waals surface area contributed by atoms with Gasteiger partial charge < -0.3 is 10.1 Å². The number of ether oxygens (including phenoxy) is 1. The van der Waals surface area contributed by atoms with Crippen molar-refractivity contribution in [3.8, 4) is 5.75 Å². The minimum Gasteiger partial charge on any atom is -0.492 e. The van der Waals surface area contributed by atoms with E-state index in [-0.39, 0.29) is 0 Å². The molecule has 1 fully saturated rings. The van der Waals surface area contributed by atoms with Gasteiger partial charge in [0.25, 0.3) is 0 Å². The van der Waals surface area contributed by atoms with Gasteiger partial charge in [0.1, 0.15) is 12.4 Å². The summed E-state index contributed by atoms with van der Waals surface area (Å²) in [4.78, 5) is 2.38. The summed E-state index contributed by atoms with van der Waals surface area (Å²) in [6.45, 7) is 6.09. The van der Waals surface area contributed by atoms with Crippen LogP contribution in [-0.2, 0) is 0 Å². The van der Waals surface area contributed by atoms with Crippen LogP contribution in [0.1, 0.15) is 12.0 Å². The summed E-state index contributed by atoms with van der Waals surface area (Å²) in [5.74, 6) is 0.966. The lowest BCUT2D eigenvalue weighted by Crippen LogP contribution is -2.36. The normalized spacial score (nSPS) is 19.8. The molecule has 0 spiro atoms. The van der Waals surface area contributed by atoms with E-state index in [0.29, 0.717) is 6.04 Å². The first-order chi connectivity index (χ1) is 8.25. The summed E-state index contributed by atoms with van der Waals surface area (Å²) in [7, 11) is 2.18. The van der Waals surface area contributed by atoms with Crippen LogP contribution in [0, 0.1) is 6.92 Å². The van der Waals surface area contributed by atoms with Crippen molar-refractivity contribution in [3.05, 3.63) is 29.8 Å². The lowest BCUT2D eigenvalue weighted by atomic mass is 10.2. The van der Waals surface area contributed by atoms with E-state index in [9.17, 15) is 0 Å². The number of nitrogens with one attached hydrogen (secondary N) is 1. The Morgan fingerprint density at radius 1 is 1.35 bits per heavy atom. The molecule has 1 atom stereocenters. The Kier molecular flexibility index (Phi) is 4.40. The predicted octanol–water partition coefficient (Wildman–Crippen LogP) is 1.67. The highest BCUT2D eigenvalue weighted by Crippen LogP contribution is 2.11. The first kappa shape index (κ1) is 12.4. The van der Waals surface area contributed by atoms with Crippen molar-refractivity contribution in [1.82, 2.24) is 10.2 Å². The summed E-state index contributed by atoms with van der Waals surface area (Å²) < 4.78 is 5.73. The fourth-order valence-electron chi connectivity index (χ4n) is 2.14. The number of hydrogen-bond acceptors (Lipinski definition) is 3. The van der Waals surface area contributed by atoms with E-state index in [0.717, 1.165) is 32.0 Å². The largest absolute Gasteiger partial charge is 0.492 e. The van der Waals surface area contributed by atoms with E-state index in [1.165, 1.54) is 12.0 Å². The van der Waals surface area contributed by atoms with Crippen LogP contribution in [0.4, 0.5) is 0 Å². The van der Waals surface area contributed by atoms with Gasteiger partial charge in [-0.15, -0.1) is 0 Å². The van der Waals surface area contributed by atoms with Crippen molar-refractivity contribution in [3.63, 3.8) is 0 Å². The van der Waals surface area contributed by atoms with Crippen molar-refractivity contribution in [2.45, 2.75) is 19.4 Å². The van der Waals surface area contributed by atoms with E-state index in [4.69, 9.17) is 4.74 Å². The molecule has 0 bridgehead atoms. The van der Waals surface area contributed by atoms with Crippen LogP contribution < -0.4 is 10.1 Å². The fourth-order valence-corrected chi connectivity index (χ4v) is 2.14. The van der Waals surface area contributed by atoms with Gasteiger partial charge in [0.2, 0.25) is 0 Å². The molecule has 0 amide bonds. The van der Waals surface area contributed by atoms with Crippen LogP contribution >= 0.6 is 0 Å². The molecule has 0 saturated carbocycles. The highest BCUT2D eigenvalue weighted by molar-refractivity contribution is 5.26. The van der Waals surface area contributed by atoms with Crippen LogP contribution in [0.25, 0.3) is 0 Å². The average molecular weight is 234 g/mol. The van der Waals surface area contributed by atoms with Gasteiger partial charge >= 0.3 is 0 Å². The molecule has 1 unspecified atom stereocenters. The second-order valence-electron chi connectivity index (χ2n) is 4.79. The molecule has 3 nitrogen and oxygen atoms in total. The molecule has 1 N–H and O–H groups in total. The molecule has 3 heteroatoms. The zero-order valence-corrected chi connectivity index (χ0v) is 10.8. The Morgan fingerprint density at radius 2 is 2.12 bits per heavy atom. The molecule has 1 aromatic rings. The van der Waals surface area contributed by atoms with Crippen LogP contribution in [0.15, 0.2) is 24.3 Å². The Bertz CT molecular complexity index is 331. The van der Waals surface area contributed by atoms with E-state index < -0.39 is 0 Å². The van der Waals surface area contributed by atoms with Crippen molar-refractivity contribution in [2.24, 2.45) is 0 Å². The van der Waals surface area contributed by atoms with Crippen LogP contribution in [0.3, 0.4) is 0 Å². The molecule has 1 aromatic carbocycles. The monoisotopic (exact) mass is 234 g/mol. The molecular weight excluding hydrogens is 212 g/mol. The van der Waals surface area contributed by atoms with E-state index in [1.54, 1.807) is 0 Å². The van der Waals surface area contributed by atoms with Gasteiger partial charge in [-0.2, -0.15) is 0 Å². The summed E-state index contributed by atoms with van der Waals surface area (Å²) in [5.41, 5.74) is 1.27. The van der Waals surface area contributed by atoms with E-state index in [1.807, 2.05) is 12.1 Å². The zero-order chi connectivity index (χ0) is 12.1. The van der Waals surface area contributed by atoms with Crippen molar-refractivity contribution in [2.75, 3.05) is 33.3 Å². The maximum absolute atomic E-state index is 5.73. The average Bonchev–Trinajstić information content (AvgIpc) is 2.85. The quantitative estimate of drug-likeness (QED) is 0.838. The molecule has 0 aromatic heterocycles. The first-order valence-corrected chi connectivity index (χ1v) is 6.36. The molecule has 17 heavy (non-hydrogen) atoms. The van der Waals surface area contributed by atoms with Crippen LogP contribution in [-0.4, -0.2) is 44.2 Å². The number of benzene rings is 1. The summed E-state index contributed by atoms with van der Waals surface area (Å²) in [5, 5.41) is 3.39. The molecular formula is C14H22N2O. The lowest BCUT2D eigenvalue weighted by Gasteiger charge is -2.23. The highest BCUT2D eigenvalue weighted by atomic mass is 16.5. The summed E-state index contributed by atoms with van der Waals surface area (Å²) in [6.07, 6.45) is 1.25. The van der Waals surface area contributed by atoms with Gasteiger partial charge in [-0.05, 0) is 39.1 Å². The van der Waals surface area contributed by atoms with E-state index in [2.05, 4.69) is 36.3 Å². The van der Waals surface area contributed by atoms with Crippen molar-refractivity contribution in [1.29, 1.82) is 0 Å². The van der Waals surface area contributed by atoms with Crippen molar-refractivity contribution < 1.29 is 4.74 Å². The van der Waals surface area contributed by atoms with Gasteiger partial charge in [0.05, 0.1) is 0 Å². The zero-order valence-electron chi connectivity index (χ0n) is 10.8. The number of rotatable bonds is 5. The summed E-state index contributed by atoms with van der Waals surface area (Å²) in [6, 6.07) is 8.91. The topological polar surface area (TPSA) is 24.5 Å². The third-order valence-corrected chi connectivity index (χ3v) is 3.39. The molecule has 0 radical (unpaired) electrons. The van der Waals surface area contributed by atoms with Gasteiger partial charge in [-0.1, -0.05) is 17.7 Å². The molecule has 1 aliphatic heterocycles. The number of aryl methyl sites for hydroxylation is 1. The van der Waals surface area contributed by atoms with Gasteiger partial charge in [-0.3, -0.25) is 4.90 Å². The van der Waals surface area contributed by atoms with Gasteiger partial charge in [0, 0.05) is 19.1 Å². The fraction of sp³-hybridized carbons (Fsp3) is 0.571. The molecule has 1 saturated heterocycles. The number of likely N-dealkylation sites (N-methyl/N-ethyl adjacent to an activating group) is 1. The molecule has 94 valence electrons. The SMILES string of the molecule is Cc1ccc(OCCN(C)C2CCNC2)cc1. The standard InChI is InChI=1S/C14H22N2O/c1-12-3-5-14(6-4-12)17-10-9-16(2)13-7-8-15-11-13/h3-6,13,15H,7-11H2,1-2H3. The first-order valence-electron chi connectivity index (χ1n) is 6.36. The Labute approximate surface area is 104 Å². The number of hydrogen-bond donors (Lipinski definition) is 1. The van der Waals surface area contributed by atoms with Gasteiger partial charge in [-0.25, -0.2) is 0 Å². The Morgan fingerprint density at radius 3 is 2.76 bits per heavy atom. The molecule has 0 aliphatic carbocycles. The predicted molar refractivity (Wildman–Crippen MR) is 70.6 cm³/mol. The Balaban J connectivity index is 1.70. The minimum atomic E-state index is 0.677. The van der Waals surface area contributed by atoms with E-state index >= 15 is 0 Å². The van der Waals surface area contributed by atoms with Crippen LogP contribution in [0.5, 0.6) is 5.75 Å². The summed E-state index contributed by atoms with van der Waals surface area (Å²) >= 11 is 0. The van der Waals surface area contributed by atoms with Gasteiger partial charge in [0.15, 0.2) is 0 Å². The smallest absolute Gasteiger partial charge is 0.119 e. The number of nitrogens with zero attached hydrogens (tertiary/aromatic N) is 1. The van der Waals surface area contributed by atoms with Crippen LogP contribution in [0.2, 0.25) is 0 Å². The second kappa shape index (κ2) is 6.03. The Hall–Kier alpha value is -1.06. The maximum Gasteiger partial charge on any atom is 0.119 e. The maximum atomic E-state index is 5.73. The molecule has 2 rings (SSSR count). The lowest BCUT2D eigenvalue weighted by molar-refractivity contribution is 0.199. The minimum absolute atomic E-state index is 0.677. The molecule has 1 heterocycles. The van der Waals surface area contributed by atoms with Crippen molar-refractivity contribution >= 4 is 0 Å². The third-order valence-electron chi connectivity index (χ3n) is 3.39. The highest BCUT2D eigenvalue weighted by Gasteiger charge is 2.18.